The Hall–Kier alpha value is -2.92. The van der Waals surface area contributed by atoms with E-state index in [-0.39, 0.29) is 5.91 Å². The molecular formula is C21H19N3OS. The number of thiazole rings is 1. The minimum Gasteiger partial charge on any atom is -0.320 e. The molecule has 5 heteroatoms. The van der Waals surface area contributed by atoms with Gasteiger partial charge in [0.15, 0.2) is 4.96 Å². The smallest absolute Gasteiger partial charge is 0.273 e. The summed E-state index contributed by atoms with van der Waals surface area (Å²) in [4.78, 5) is 18.3. The lowest BCUT2D eigenvalue weighted by atomic mass is 10.1. The Morgan fingerprint density at radius 1 is 1.08 bits per heavy atom. The number of fused-ring (bicyclic) bond motifs is 1. The van der Waals surface area contributed by atoms with Gasteiger partial charge in [-0.3, -0.25) is 9.20 Å². The molecule has 1 N–H and O–H groups in total. The van der Waals surface area contributed by atoms with E-state index in [9.17, 15) is 4.79 Å². The van der Waals surface area contributed by atoms with Crippen LogP contribution in [0.3, 0.4) is 0 Å². The molecule has 130 valence electrons. The first-order chi connectivity index (χ1) is 12.5. The summed E-state index contributed by atoms with van der Waals surface area (Å²) in [5.74, 6) is -0.122. The fourth-order valence-corrected chi connectivity index (χ4v) is 4.10. The number of nitrogens with zero attached hydrogens (tertiary/aromatic N) is 2. The van der Waals surface area contributed by atoms with Crippen molar-refractivity contribution in [3.63, 3.8) is 0 Å². The second-order valence-corrected chi connectivity index (χ2v) is 7.33. The molecule has 4 nitrogen and oxygen atoms in total. The molecule has 0 saturated heterocycles. The Balaban J connectivity index is 1.69. The van der Waals surface area contributed by atoms with Crippen LogP contribution in [0.5, 0.6) is 0 Å². The van der Waals surface area contributed by atoms with Gasteiger partial charge in [0.25, 0.3) is 5.91 Å². The van der Waals surface area contributed by atoms with Crippen molar-refractivity contribution in [3.8, 4) is 11.3 Å². The zero-order valence-electron chi connectivity index (χ0n) is 14.9. The van der Waals surface area contributed by atoms with Gasteiger partial charge in [0.05, 0.1) is 5.69 Å². The Bertz CT molecular complexity index is 1090. The molecule has 2 aromatic carbocycles. The van der Waals surface area contributed by atoms with Crippen LogP contribution in [0.15, 0.2) is 54.0 Å². The second kappa shape index (κ2) is 6.42. The van der Waals surface area contributed by atoms with Gasteiger partial charge in [-0.1, -0.05) is 48.0 Å². The number of aromatic nitrogens is 2. The molecule has 0 bridgehead atoms. The van der Waals surface area contributed by atoms with E-state index in [2.05, 4.69) is 29.4 Å². The Morgan fingerprint density at radius 2 is 1.77 bits per heavy atom. The Labute approximate surface area is 156 Å². The summed E-state index contributed by atoms with van der Waals surface area (Å²) in [6, 6.07) is 14.1. The zero-order valence-corrected chi connectivity index (χ0v) is 15.7. The zero-order chi connectivity index (χ0) is 18.3. The molecular weight excluding hydrogens is 342 g/mol. The van der Waals surface area contributed by atoms with Crippen LogP contribution in [0, 0.1) is 20.8 Å². The van der Waals surface area contributed by atoms with Crippen LogP contribution in [0.1, 0.15) is 27.2 Å². The van der Waals surface area contributed by atoms with Crippen molar-refractivity contribution >= 4 is 27.9 Å². The fraction of sp³-hybridized carbons (Fsp3) is 0.143. The third-order valence-corrected chi connectivity index (χ3v) is 5.27. The summed E-state index contributed by atoms with van der Waals surface area (Å²) in [5, 5.41) is 4.92. The molecule has 0 spiro atoms. The lowest BCUT2D eigenvalue weighted by molar-refractivity contribution is 0.102. The SMILES string of the molecule is Cc1cc(C)c(NC(=O)c2csc3nc(-c4ccccc4)cn23)c(C)c1. The first-order valence-corrected chi connectivity index (χ1v) is 9.32. The number of rotatable bonds is 3. The van der Waals surface area contributed by atoms with Crippen LogP contribution in [0.2, 0.25) is 0 Å². The molecule has 0 saturated carbocycles. The molecule has 4 aromatic rings. The van der Waals surface area contributed by atoms with Crippen molar-refractivity contribution in [1.29, 1.82) is 0 Å². The first kappa shape index (κ1) is 16.5. The molecule has 0 aliphatic rings. The number of hydrogen-bond donors (Lipinski definition) is 1. The van der Waals surface area contributed by atoms with Gasteiger partial charge >= 0.3 is 0 Å². The highest BCUT2D eigenvalue weighted by molar-refractivity contribution is 7.15. The maximum Gasteiger partial charge on any atom is 0.273 e. The van der Waals surface area contributed by atoms with Gasteiger partial charge in [0.2, 0.25) is 0 Å². The number of anilines is 1. The van der Waals surface area contributed by atoms with Gasteiger partial charge < -0.3 is 5.32 Å². The molecule has 4 rings (SSSR count). The minimum atomic E-state index is -0.122. The lowest BCUT2D eigenvalue weighted by Crippen LogP contribution is -2.15. The van der Waals surface area contributed by atoms with E-state index in [1.165, 1.54) is 16.9 Å². The molecule has 0 atom stereocenters. The average Bonchev–Trinajstić information content (AvgIpc) is 3.19. The van der Waals surface area contributed by atoms with Gasteiger partial charge in [-0.25, -0.2) is 4.98 Å². The van der Waals surface area contributed by atoms with Crippen LogP contribution in [-0.2, 0) is 0 Å². The van der Waals surface area contributed by atoms with Crippen molar-refractivity contribution in [3.05, 3.63) is 76.4 Å². The molecule has 26 heavy (non-hydrogen) atoms. The highest BCUT2D eigenvalue weighted by Gasteiger charge is 2.17. The van der Waals surface area contributed by atoms with Gasteiger partial charge in [0, 0.05) is 22.8 Å². The van der Waals surface area contributed by atoms with E-state index in [4.69, 9.17) is 0 Å². The van der Waals surface area contributed by atoms with Crippen LogP contribution >= 0.6 is 11.3 Å². The molecule has 0 fully saturated rings. The lowest BCUT2D eigenvalue weighted by Gasteiger charge is -2.12. The van der Waals surface area contributed by atoms with Crippen LogP contribution < -0.4 is 5.32 Å². The summed E-state index contributed by atoms with van der Waals surface area (Å²) >= 11 is 1.47. The second-order valence-electron chi connectivity index (χ2n) is 6.49. The van der Waals surface area contributed by atoms with Gasteiger partial charge in [-0.15, -0.1) is 11.3 Å². The molecule has 0 unspecified atom stereocenters. The predicted molar refractivity (Wildman–Crippen MR) is 107 cm³/mol. The summed E-state index contributed by atoms with van der Waals surface area (Å²) in [5.41, 5.74) is 6.71. The number of imidazole rings is 1. The van der Waals surface area contributed by atoms with Crippen molar-refractivity contribution in [2.75, 3.05) is 5.32 Å². The van der Waals surface area contributed by atoms with Crippen LogP contribution in [0.25, 0.3) is 16.2 Å². The summed E-state index contributed by atoms with van der Waals surface area (Å²) in [6.07, 6.45) is 1.92. The minimum absolute atomic E-state index is 0.122. The molecule has 1 amide bonds. The van der Waals surface area contributed by atoms with E-state index in [1.54, 1.807) is 0 Å². The number of amides is 1. The van der Waals surface area contributed by atoms with Gasteiger partial charge in [-0.2, -0.15) is 0 Å². The van der Waals surface area contributed by atoms with E-state index in [1.807, 2.05) is 60.2 Å². The van der Waals surface area contributed by atoms with Crippen molar-refractivity contribution in [1.82, 2.24) is 9.38 Å². The van der Waals surface area contributed by atoms with E-state index in [0.29, 0.717) is 5.69 Å². The maximum atomic E-state index is 12.9. The highest BCUT2D eigenvalue weighted by Crippen LogP contribution is 2.26. The van der Waals surface area contributed by atoms with Gasteiger partial charge in [0.1, 0.15) is 5.69 Å². The third kappa shape index (κ3) is 2.91. The van der Waals surface area contributed by atoms with Gasteiger partial charge in [-0.05, 0) is 31.9 Å². The quantitative estimate of drug-likeness (QED) is 0.542. The standard InChI is InChI=1S/C21H19N3OS/c1-13-9-14(2)19(15(3)10-13)23-20(25)18-12-26-21-22-17(11-24(18)21)16-7-5-4-6-8-16/h4-12H,1-3H3,(H,23,25). The highest BCUT2D eigenvalue weighted by atomic mass is 32.1. The van der Waals surface area contributed by atoms with Crippen molar-refractivity contribution in [2.24, 2.45) is 0 Å². The monoisotopic (exact) mass is 361 g/mol. The maximum absolute atomic E-state index is 12.9. The summed E-state index contributed by atoms with van der Waals surface area (Å²) < 4.78 is 1.86. The number of benzene rings is 2. The van der Waals surface area contributed by atoms with E-state index >= 15 is 0 Å². The normalized spacial score (nSPS) is 11.0. The number of nitrogens with one attached hydrogen (secondary N) is 1. The van der Waals surface area contributed by atoms with Crippen molar-refractivity contribution in [2.45, 2.75) is 20.8 Å². The molecule has 2 aromatic heterocycles. The first-order valence-electron chi connectivity index (χ1n) is 8.44. The number of hydrogen-bond acceptors (Lipinski definition) is 3. The number of carbonyl (C=O) groups excluding carboxylic acids is 1. The van der Waals surface area contributed by atoms with Crippen molar-refractivity contribution < 1.29 is 4.79 Å². The fourth-order valence-electron chi connectivity index (χ4n) is 3.25. The molecule has 2 heterocycles. The Morgan fingerprint density at radius 3 is 2.46 bits per heavy atom. The number of aryl methyl sites for hydroxylation is 3. The summed E-state index contributed by atoms with van der Waals surface area (Å²) in [6.45, 7) is 6.09. The van der Waals surface area contributed by atoms with E-state index in [0.717, 1.165) is 33.0 Å². The predicted octanol–water partition coefficient (Wildman–Crippen LogP) is 5.24. The largest absolute Gasteiger partial charge is 0.320 e. The number of carbonyl (C=O) groups is 1. The van der Waals surface area contributed by atoms with Crippen LogP contribution in [-0.4, -0.2) is 15.3 Å². The molecule has 0 radical (unpaired) electrons. The summed E-state index contributed by atoms with van der Waals surface area (Å²) in [7, 11) is 0. The molecule has 0 aliphatic heterocycles. The topological polar surface area (TPSA) is 46.4 Å². The third-order valence-electron chi connectivity index (χ3n) is 4.43. The van der Waals surface area contributed by atoms with Crippen LogP contribution in [0.4, 0.5) is 5.69 Å². The average molecular weight is 361 g/mol. The van der Waals surface area contributed by atoms with E-state index < -0.39 is 0 Å². The molecule has 0 aliphatic carbocycles. The Kier molecular flexibility index (Phi) is 4.09.